The molecule has 2 N–H and O–H groups in total. The second kappa shape index (κ2) is 13.4. The predicted molar refractivity (Wildman–Crippen MR) is 109 cm³/mol. The number of unbranched alkanes of at least 4 members (excludes halogenated alkanes) is 6. The molecule has 0 bridgehead atoms. The minimum atomic E-state index is -0.737. The molecule has 2 nitrogen and oxygen atoms in total. The van der Waals surface area contributed by atoms with Crippen LogP contribution in [0.25, 0.3) is 0 Å². The van der Waals surface area contributed by atoms with Crippen LogP contribution in [0.3, 0.4) is 0 Å². The third-order valence-corrected chi connectivity index (χ3v) is 5.50. The molecular weight excluding hydrogens is 308 g/mol. The molecule has 144 valence electrons. The van der Waals surface area contributed by atoms with Crippen LogP contribution in [-0.4, -0.2) is 22.4 Å². The van der Waals surface area contributed by atoms with Gasteiger partial charge in [0.2, 0.25) is 0 Å². The lowest BCUT2D eigenvalue weighted by atomic mass is 9.88. The average Bonchev–Trinajstić information content (AvgIpc) is 3.06. The summed E-state index contributed by atoms with van der Waals surface area (Å²) in [5.74, 6) is 1.27. The molecule has 1 rings (SSSR count). The lowest BCUT2D eigenvalue weighted by Crippen LogP contribution is -2.24. The maximum atomic E-state index is 10.6. The van der Waals surface area contributed by atoms with Gasteiger partial charge in [0, 0.05) is 6.61 Å². The number of aliphatic hydroxyl groups excluding tert-OH is 1. The van der Waals surface area contributed by atoms with Gasteiger partial charge in [-0.1, -0.05) is 82.2 Å². The fourth-order valence-corrected chi connectivity index (χ4v) is 3.68. The Hall–Kier alpha value is -0.860. The van der Waals surface area contributed by atoms with Crippen LogP contribution in [0.4, 0.5) is 0 Å². The monoisotopic (exact) mass is 348 g/mol. The van der Waals surface area contributed by atoms with E-state index in [1.807, 2.05) is 0 Å². The molecule has 0 saturated heterocycles. The molecule has 0 radical (unpaired) electrons. The molecular formula is C23H40O2. The maximum absolute atomic E-state index is 10.6. The molecule has 0 fully saturated rings. The number of hydrogen-bond acceptors (Lipinski definition) is 2. The van der Waals surface area contributed by atoms with Crippen LogP contribution in [0.1, 0.15) is 84.0 Å². The third-order valence-electron chi connectivity index (χ3n) is 5.50. The van der Waals surface area contributed by atoms with Crippen LogP contribution in [0.15, 0.2) is 37.0 Å². The summed E-state index contributed by atoms with van der Waals surface area (Å²) in [6.07, 6.45) is 24.2. The lowest BCUT2D eigenvalue weighted by molar-refractivity contribution is 0.0823. The smallest absolute Gasteiger partial charge is 0.0859 e. The molecule has 0 aromatic heterocycles. The number of rotatable bonds is 15. The fraction of sp³-hybridized carbons (Fsp3) is 0.739. The van der Waals surface area contributed by atoms with Gasteiger partial charge in [0.1, 0.15) is 0 Å². The Morgan fingerprint density at radius 3 is 2.52 bits per heavy atom. The molecule has 0 aromatic carbocycles. The van der Waals surface area contributed by atoms with Gasteiger partial charge in [0.05, 0.1) is 5.60 Å². The van der Waals surface area contributed by atoms with Crippen LogP contribution < -0.4 is 0 Å². The van der Waals surface area contributed by atoms with Crippen molar-refractivity contribution in [3.05, 3.63) is 37.0 Å². The number of aliphatic hydroxyl groups is 2. The van der Waals surface area contributed by atoms with E-state index in [4.69, 9.17) is 5.11 Å². The van der Waals surface area contributed by atoms with E-state index in [0.717, 1.165) is 38.0 Å². The van der Waals surface area contributed by atoms with Gasteiger partial charge in [-0.15, -0.1) is 6.58 Å². The van der Waals surface area contributed by atoms with Crippen LogP contribution in [0.2, 0.25) is 0 Å². The second-order valence-electron chi connectivity index (χ2n) is 7.68. The van der Waals surface area contributed by atoms with Crippen molar-refractivity contribution in [1.82, 2.24) is 0 Å². The first-order valence-electron chi connectivity index (χ1n) is 10.5. The second-order valence-corrected chi connectivity index (χ2v) is 7.68. The first kappa shape index (κ1) is 22.2. The normalized spacial score (nSPS) is 22.5. The number of hydrogen-bond donors (Lipinski definition) is 2. The van der Waals surface area contributed by atoms with E-state index >= 15 is 0 Å². The van der Waals surface area contributed by atoms with Crippen molar-refractivity contribution < 1.29 is 10.2 Å². The third kappa shape index (κ3) is 9.42. The van der Waals surface area contributed by atoms with Crippen LogP contribution in [-0.2, 0) is 0 Å². The van der Waals surface area contributed by atoms with Gasteiger partial charge < -0.3 is 10.2 Å². The summed E-state index contributed by atoms with van der Waals surface area (Å²) >= 11 is 0. The zero-order valence-electron chi connectivity index (χ0n) is 16.3. The first-order chi connectivity index (χ1) is 12.1. The van der Waals surface area contributed by atoms with Crippen LogP contribution in [0, 0.1) is 11.8 Å². The molecule has 0 heterocycles. The quantitative estimate of drug-likeness (QED) is 0.283. The minimum absolute atomic E-state index is 0.335. The molecule has 0 amide bonds. The summed E-state index contributed by atoms with van der Waals surface area (Å²) < 4.78 is 0. The van der Waals surface area contributed by atoms with Crippen LogP contribution in [0.5, 0.6) is 0 Å². The lowest BCUT2D eigenvalue weighted by Gasteiger charge is -2.23. The van der Waals surface area contributed by atoms with Crippen molar-refractivity contribution in [3.8, 4) is 0 Å². The Bertz CT molecular complexity index is 399. The highest BCUT2D eigenvalue weighted by Crippen LogP contribution is 2.32. The van der Waals surface area contributed by atoms with Gasteiger partial charge in [-0.05, 0) is 43.9 Å². The SMILES string of the molecule is C=CC(O)(C/C=C/[C@H]1C=CC[C@@H]1CCCCCCCCO)CCCC. The molecule has 2 heteroatoms. The standard InChI is InChI=1S/C23H40O2/c1-3-5-18-23(25,4-2)19-13-17-22-16-12-15-21(22)14-10-8-6-7-9-11-20-24/h4,12-13,16-17,21-22,24-25H,2-3,5-11,14-15,18-20H2,1H3/b17-13+/t21-,22+,23?/m0/s1. The zero-order valence-corrected chi connectivity index (χ0v) is 16.3. The molecule has 0 aromatic rings. The van der Waals surface area contributed by atoms with Crippen molar-refractivity contribution in [3.63, 3.8) is 0 Å². The molecule has 25 heavy (non-hydrogen) atoms. The van der Waals surface area contributed by atoms with Gasteiger partial charge in [0.25, 0.3) is 0 Å². The van der Waals surface area contributed by atoms with E-state index in [1.165, 1.54) is 38.5 Å². The predicted octanol–water partition coefficient (Wildman–Crippen LogP) is 5.96. The summed E-state index contributed by atoms with van der Waals surface area (Å²) in [5.41, 5.74) is -0.737. The first-order valence-corrected chi connectivity index (χ1v) is 10.5. The Morgan fingerprint density at radius 1 is 1.12 bits per heavy atom. The van der Waals surface area contributed by atoms with E-state index in [2.05, 4.69) is 37.8 Å². The van der Waals surface area contributed by atoms with Crippen molar-refractivity contribution in [2.75, 3.05) is 6.61 Å². The Morgan fingerprint density at radius 2 is 1.84 bits per heavy atom. The Labute approximate surface area is 155 Å². The van der Waals surface area contributed by atoms with Gasteiger partial charge in [-0.2, -0.15) is 0 Å². The van der Waals surface area contributed by atoms with Gasteiger partial charge in [-0.25, -0.2) is 0 Å². The molecule has 0 saturated carbocycles. The van der Waals surface area contributed by atoms with E-state index in [-0.39, 0.29) is 0 Å². The Balaban J connectivity index is 2.27. The Kier molecular flexibility index (Phi) is 11.9. The van der Waals surface area contributed by atoms with Gasteiger partial charge in [0.15, 0.2) is 0 Å². The van der Waals surface area contributed by atoms with Crippen molar-refractivity contribution in [1.29, 1.82) is 0 Å². The van der Waals surface area contributed by atoms with E-state index in [9.17, 15) is 5.11 Å². The molecule has 0 aliphatic heterocycles. The summed E-state index contributed by atoms with van der Waals surface area (Å²) in [5, 5.41) is 19.3. The summed E-state index contributed by atoms with van der Waals surface area (Å²) in [7, 11) is 0. The van der Waals surface area contributed by atoms with Gasteiger partial charge in [-0.3, -0.25) is 0 Å². The molecule has 0 spiro atoms. The van der Waals surface area contributed by atoms with Crippen molar-refractivity contribution in [2.24, 2.45) is 11.8 Å². The highest BCUT2D eigenvalue weighted by atomic mass is 16.3. The summed E-state index contributed by atoms with van der Waals surface area (Å²) in [4.78, 5) is 0. The largest absolute Gasteiger partial charge is 0.396 e. The molecule has 1 aliphatic rings. The minimum Gasteiger partial charge on any atom is -0.396 e. The van der Waals surface area contributed by atoms with Crippen LogP contribution >= 0.6 is 0 Å². The molecule has 1 aliphatic carbocycles. The zero-order chi connectivity index (χ0) is 18.4. The van der Waals surface area contributed by atoms with E-state index in [1.54, 1.807) is 6.08 Å². The highest BCUT2D eigenvalue weighted by Gasteiger charge is 2.22. The van der Waals surface area contributed by atoms with Crippen molar-refractivity contribution >= 4 is 0 Å². The molecule has 1 unspecified atom stereocenters. The average molecular weight is 349 g/mol. The van der Waals surface area contributed by atoms with E-state index < -0.39 is 5.60 Å². The maximum Gasteiger partial charge on any atom is 0.0859 e. The fourth-order valence-electron chi connectivity index (χ4n) is 3.68. The summed E-state index contributed by atoms with van der Waals surface area (Å²) in [6.45, 7) is 6.30. The summed E-state index contributed by atoms with van der Waals surface area (Å²) in [6, 6.07) is 0. The van der Waals surface area contributed by atoms with E-state index in [0.29, 0.717) is 18.9 Å². The highest BCUT2D eigenvalue weighted by molar-refractivity contribution is 5.11. The number of allylic oxidation sites excluding steroid dienone is 3. The van der Waals surface area contributed by atoms with Crippen molar-refractivity contribution in [2.45, 2.75) is 89.6 Å². The van der Waals surface area contributed by atoms with Gasteiger partial charge >= 0.3 is 0 Å². The molecule has 3 atom stereocenters. The topological polar surface area (TPSA) is 40.5 Å².